The Morgan fingerprint density at radius 3 is 1.55 bits per heavy atom. The quantitative estimate of drug-likeness (QED) is 0.182. The largest absolute Gasteiger partial charge is 0.261 e. The lowest BCUT2D eigenvalue weighted by molar-refractivity contribution is 0.622. The normalized spacial score (nSPS) is 11.8. The highest BCUT2D eigenvalue weighted by molar-refractivity contribution is 6.18. The fourth-order valence-corrected chi connectivity index (χ4v) is 7.37. The van der Waals surface area contributed by atoms with Crippen LogP contribution in [0.3, 0.4) is 0 Å². The Hall–Kier alpha value is -6.52. The highest BCUT2D eigenvalue weighted by atomic mass is 19.1. The van der Waals surface area contributed by atoms with Gasteiger partial charge in [0.25, 0.3) is 0 Å². The SMILES string of the molecule is Fc1cncc(-c2ccc(-c3ccc4ccc5ccc(-c6ccc(-c7ccc8c9c(cccc79)-c7ccccc7-8)cc6)nc5c4n3)cc2)c1. The summed E-state index contributed by atoms with van der Waals surface area (Å²) in [6.45, 7) is 0. The average molecular weight is 628 g/mol. The number of pyridine rings is 3. The van der Waals surface area contributed by atoms with Crippen molar-refractivity contribution in [1.82, 2.24) is 15.0 Å². The Labute approximate surface area is 282 Å². The predicted molar refractivity (Wildman–Crippen MR) is 198 cm³/mol. The van der Waals surface area contributed by atoms with Gasteiger partial charge in [0, 0.05) is 33.7 Å². The zero-order chi connectivity index (χ0) is 32.5. The molecule has 1 aliphatic carbocycles. The zero-order valence-electron chi connectivity index (χ0n) is 26.2. The summed E-state index contributed by atoms with van der Waals surface area (Å²) in [4.78, 5) is 14.3. The summed E-state index contributed by atoms with van der Waals surface area (Å²) in [6, 6.07) is 50.6. The number of aromatic nitrogens is 3. The lowest BCUT2D eigenvalue weighted by Gasteiger charge is -2.11. The van der Waals surface area contributed by atoms with Gasteiger partial charge < -0.3 is 0 Å². The second-order valence-corrected chi connectivity index (χ2v) is 12.6. The summed E-state index contributed by atoms with van der Waals surface area (Å²) in [5.41, 5.74) is 14.8. The monoisotopic (exact) mass is 627 g/mol. The van der Waals surface area contributed by atoms with Gasteiger partial charge in [0.1, 0.15) is 5.82 Å². The van der Waals surface area contributed by atoms with Crippen molar-refractivity contribution in [3.05, 3.63) is 164 Å². The van der Waals surface area contributed by atoms with Crippen molar-refractivity contribution < 1.29 is 4.39 Å². The Balaban J connectivity index is 1.01. The first-order valence-electron chi connectivity index (χ1n) is 16.4. The van der Waals surface area contributed by atoms with E-state index < -0.39 is 0 Å². The van der Waals surface area contributed by atoms with Crippen molar-refractivity contribution in [2.75, 3.05) is 0 Å². The number of benzene rings is 6. The fourth-order valence-electron chi connectivity index (χ4n) is 7.37. The molecule has 0 saturated heterocycles. The minimum Gasteiger partial charge on any atom is -0.261 e. The molecule has 0 fully saturated rings. The molecule has 0 aliphatic heterocycles. The average Bonchev–Trinajstić information content (AvgIpc) is 3.49. The maximum Gasteiger partial charge on any atom is 0.142 e. The van der Waals surface area contributed by atoms with Crippen LogP contribution in [0.5, 0.6) is 0 Å². The van der Waals surface area contributed by atoms with Crippen LogP contribution in [-0.4, -0.2) is 15.0 Å². The molecule has 0 N–H and O–H groups in total. The first-order valence-corrected chi connectivity index (χ1v) is 16.4. The van der Waals surface area contributed by atoms with E-state index in [9.17, 15) is 4.39 Å². The van der Waals surface area contributed by atoms with E-state index in [-0.39, 0.29) is 5.82 Å². The van der Waals surface area contributed by atoms with E-state index >= 15 is 0 Å². The molecule has 3 aromatic heterocycles. The maximum atomic E-state index is 13.7. The van der Waals surface area contributed by atoms with Gasteiger partial charge in [-0.1, -0.05) is 127 Å². The molecular formula is C45H26FN3. The van der Waals surface area contributed by atoms with Gasteiger partial charge in [0.2, 0.25) is 0 Å². The minimum atomic E-state index is -0.351. The van der Waals surface area contributed by atoms with Crippen LogP contribution in [0.15, 0.2) is 158 Å². The molecule has 0 atom stereocenters. The lowest BCUT2D eigenvalue weighted by atomic mass is 9.93. The van der Waals surface area contributed by atoms with E-state index in [1.165, 1.54) is 56.4 Å². The first-order chi connectivity index (χ1) is 24.2. The van der Waals surface area contributed by atoms with Crippen LogP contribution in [0.4, 0.5) is 4.39 Å². The second kappa shape index (κ2) is 10.8. The maximum absolute atomic E-state index is 13.7. The summed E-state index contributed by atoms with van der Waals surface area (Å²) in [5, 5.41) is 4.69. The van der Waals surface area contributed by atoms with E-state index in [2.05, 4.69) is 114 Å². The van der Waals surface area contributed by atoms with E-state index in [0.29, 0.717) is 0 Å². The van der Waals surface area contributed by atoms with Gasteiger partial charge in [-0.25, -0.2) is 14.4 Å². The number of hydrogen-bond donors (Lipinski definition) is 0. The number of halogens is 1. The van der Waals surface area contributed by atoms with Crippen molar-refractivity contribution in [2.45, 2.75) is 0 Å². The fraction of sp³-hybridized carbons (Fsp3) is 0. The molecule has 6 aromatic carbocycles. The van der Waals surface area contributed by atoms with Gasteiger partial charge in [-0.05, 0) is 67.9 Å². The Kier molecular flexibility index (Phi) is 6.06. The second-order valence-electron chi connectivity index (χ2n) is 12.6. The third-order valence-corrected chi connectivity index (χ3v) is 9.78. The summed E-state index contributed by atoms with van der Waals surface area (Å²) in [5.74, 6) is -0.351. The van der Waals surface area contributed by atoms with Gasteiger partial charge in [-0.15, -0.1) is 0 Å². The number of nitrogens with zero attached hydrogens (tertiary/aromatic N) is 3. The molecule has 1 aliphatic rings. The molecule has 3 heterocycles. The number of hydrogen-bond acceptors (Lipinski definition) is 3. The Morgan fingerprint density at radius 2 is 0.918 bits per heavy atom. The molecular weight excluding hydrogens is 602 g/mol. The zero-order valence-corrected chi connectivity index (χ0v) is 26.2. The van der Waals surface area contributed by atoms with Crippen molar-refractivity contribution in [3.63, 3.8) is 0 Å². The van der Waals surface area contributed by atoms with Crippen molar-refractivity contribution in [1.29, 1.82) is 0 Å². The molecule has 10 rings (SSSR count). The lowest BCUT2D eigenvalue weighted by Crippen LogP contribution is -1.91. The molecule has 0 amide bonds. The molecule has 0 saturated carbocycles. The standard InChI is InChI=1S/C45H26FN3/c46-34-24-33(25-47-26-34)27-8-12-29(13-9-27)41-22-18-31-16-17-32-19-23-42(49-45(32)44(31)48-41)30-14-10-28(11-15-30)35-20-21-40-37-5-2-1-4-36(37)39-7-3-6-38(35)43(39)40/h1-26H. The smallest absolute Gasteiger partial charge is 0.142 e. The van der Waals surface area contributed by atoms with Crippen LogP contribution in [-0.2, 0) is 0 Å². The molecule has 49 heavy (non-hydrogen) atoms. The van der Waals surface area contributed by atoms with Crippen LogP contribution < -0.4 is 0 Å². The van der Waals surface area contributed by atoms with E-state index in [4.69, 9.17) is 9.97 Å². The number of rotatable bonds is 4. The van der Waals surface area contributed by atoms with E-state index in [0.717, 1.165) is 55.4 Å². The minimum absolute atomic E-state index is 0.351. The predicted octanol–water partition coefficient (Wildman–Crippen LogP) is 11.8. The topological polar surface area (TPSA) is 38.7 Å². The summed E-state index contributed by atoms with van der Waals surface area (Å²) in [7, 11) is 0. The highest BCUT2D eigenvalue weighted by Gasteiger charge is 2.22. The van der Waals surface area contributed by atoms with Crippen LogP contribution in [0.2, 0.25) is 0 Å². The molecule has 3 nitrogen and oxygen atoms in total. The van der Waals surface area contributed by atoms with Crippen molar-refractivity contribution in [2.24, 2.45) is 0 Å². The molecule has 4 heteroatoms. The molecule has 0 radical (unpaired) electrons. The number of fused-ring (bicyclic) bond motifs is 6. The Bertz CT molecular complexity index is 2740. The third kappa shape index (κ3) is 4.45. The summed E-state index contributed by atoms with van der Waals surface area (Å²) in [6.07, 6.45) is 2.88. The molecule has 0 unspecified atom stereocenters. The van der Waals surface area contributed by atoms with Crippen molar-refractivity contribution in [3.8, 4) is 67.0 Å². The molecule has 9 aromatic rings. The third-order valence-electron chi connectivity index (χ3n) is 9.78. The summed E-state index contributed by atoms with van der Waals surface area (Å²) >= 11 is 0. The highest BCUT2D eigenvalue weighted by Crippen LogP contribution is 2.49. The molecule has 0 bridgehead atoms. The van der Waals surface area contributed by atoms with Gasteiger partial charge in [-0.2, -0.15) is 0 Å². The molecule has 228 valence electrons. The van der Waals surface area contributed by atoms with Crippen LogP contribution in [0.25, 0.3) is 99.6 Å². The van der Waals surface area contributed by atoms with Crippen LogP contribution in [0, 0.1) is 5.82 Å². The first kappa shape index (κ1) is 27.6. The molecule has 0 spiro atoms. The van der Waals surface area contributed by atoms with Gasteiger partial charge in [0.15, 0.2) is 0 Å². The Morgan fingerprint density at radius 1 is 0.388 bits per heavy atom. The van der Waals surface area contributed by atoms with Crippen LogP contribution >= 0.6 is 0 Å². The van der Waals surface area contributed by atoms with Crippen LogP contribution in [0.1, 0.15) is 0 Å². The van der Waals surface area contributed by atoms with Gasteiger partial charge in [0.05, 0.1) is 28.6 Å². The van der Waals surface area contributed by atoms with E-state index in [1.807, 2.05) is 30.3 Å². The van der Waals surface area contributed by atoms with Crippen molar-refractivity contribution >= 4 is 32.6 Å². The summed E-state index contributed by atoms with van der Waals surface area (Å²) < 4.78 is 13.7. The van der Waals surface area contributed by atoms with Gasteiger partial charge in [-0.3, -0.25) is 4.98 Å². The van der Waals surface area contributed by atoms with E-state index in [1.54, 1.807) is 6.20 Å². The van der Waals surface area contributed by atoms with Gasteiger partial charge >= 0.3 is 0 Å².